The first-order valence-corrected chi connectivity index (χ1v) is 11.2. The largest absolute Gasteiger partial charge is 0.454 e. The monoisotopic (exact) mass is 443 g/mol. The van der Waals surface area contributed by atoms with Gasteiger partial charge in [-0.25, -0.2) is 9.38 Å². The average molecular weight is 444 g/mol. The van der Waals surface area contributed by atoms with Gasteiger partial charge in [-0.2, -0.15) is 0 Å². The summed E-state index contributed by atoms with van der Waals surface area (Å²) in [6.45, 7) is 7.97. The van der Waals surface area contributed by atoms with Gasteiger partial charge in [0.25, 0.3) is 5.91 Å². The van der Waals surface area contributed by atoms with E-state index in [4.69, 9.17) is 9.73 Å². The van der Waals surface area contributed by atoms with Crippen LogP contribution in [0.4, 0.5) is 10.1 Å². The molecule has 1 atom stereocenters. The van der Waals surface area contributed by atoms with Crippen LogP contribution < -0.4 is 4.74 Å². The van der Waals surface area contributed by atoms with E-state index in [0.29, 0.717) is 25.2 Å². The Labute approximate surface area is 193 Å². The number of aryl methyl sites for hydroxylation is 2. The minimum atomic E-state index is -0.345. The number of halogens is 1. The minimum absolute atomic E-state index is 0.0334. The van der Waals surface area contributed by atoms with Crippen LogP contribution in [0.25, 0.3) is 0 Å². The van der Waals surface area contributed by atoms with Crippen molar-refractivity contribution >= 4 is 17.4 Å². The fourth-order valence-corrected chi connectivity index (χ4v) is 4.45. The van der Waals surface area contributed by atoms with Gasteiger partial charge in [0, 0.05) is 31.2 Å². The van der Waals surface area contributed by atoms with Gasteiger partial charge in [-0.05, 0) is 74.9 Å². The summed E-state index contributed by atoms with van der Waals surface area (Å²) in [7, 11) is 0. The molecule has 0 spiro atoms. The van der Waals surface area contributed by atoms with E-state index in [1.165, 1.54) is 12.1 Å². The molecular weight excluding hydrogens is 417 g/mol. The lowest BCUT2D eigenvalue weighted by Gasteiger charge is -2.41. The second kappa shape index (κ2) is 8.35. The molecule has 3 aromatic carbocycles. The van der Waals surface area contributed by atoms with E-state index in [1.54, 1.807) is 12.1 Å². The molecule has 1 fully saturated rings. The highest BCUT2D eigenvalue weighted by Gasteiger charge is 2.32. The van der Waals surface area contributed by atoms with Crippen molar-refractivity contribution in [2.45, 2.75) is 26.8 Å². The summed E-state index contributed by atoms with van der Waals surface area (Å²) in [4.78, 5) is 22.1. The van der Waals surface area contributed by atoms with Gasteiger partial charge >= 0.3 is 0 Å². The Hall–Kier alpha value is -3.67. The molecule has 3 aromatic rings. The molecule has 6 heteroatoms. The molecule has 5 rings (SSSR count). The summed E-state index contributed by atoms with van der Waals surface area (Å²) < 4.78 is 19.6. The number of carbonyl (C=O) groups is 1. The zero-order chi connectivity index (χ0) is 23.1. The Bertz CT molecular complexity index is 1250. The Morgan fingerprint density at radius 3 is 2.45 bits per heavy atom. The lowest BCUT2D eigenvalue weighted by molar-refractivity contribution is 0.0581. The van der Waals surface area contributed by atoms with Crippen molar-refractivity contribution in [2.75, 3.05) is 19.6 Å². The van der Waals surface area contributed by atoms with Gasteiger partial charge < -0.3 is 14.5 Å². The van der Waals surface area contributed by atoms with Crippen LogP contribution in [-0.4, -0.2) is 47.2 Å². The van der Waals surface area contributed by atoms with Crippen molar-refractivity contribution in [2.24, 2.45) is 4.99 Å². The predicted molar refractivity (Wildman–Crippen MR) is 127 cm³/mol. The molecule has 0 radical (unpaired) electrons. The molecule has 1 saturated heterocycles. The van der Waals surface area contributed by atoms with Crippen LogP contribution >= 0.6 is 0 Å². The number of hydrogen-bond donors (Lipinski definition) is 0. The average Bonchev–Trinajstić information content (AvgIpc) is 2.95. The van der Waals surface area contributed by atoms with Gasteiger partial charge in [0.2, 0.25) is 0 Å². The summed E-state index contributed by atoms with van der Waals surface area (Å²) in [6, 6.07) is 17.9. The van der Waals surface area contributed by atoms with Gasteiger partial charge in [-0.15, -0.1) is 0 Å². The van der Waals surface area contributed by atoms with E-state index in [9.17, 15) is 9.18 Å². The van der Waals surface area contributed by atoms with E-state index in [2.05, 4.69) is 17.9 Å². The van der Waals surface area contributed by atoms with Crippen LogP contribution in [0.1, 0.15) is 34.0 Å². The predicted octanol–water partition coefficient (Wildman–Crippen LogP) is 5.47. The van der Waals surface area contributed by atoms with Crippen molar-refractivity contribution in [3.63, 3.8) is 0 Å². The molecule has 1 amide bonds. The third kappa shape index (κ3) is 4.09. The second-order valence-corrected chi connectivity index (χ2v) is 8.81. The van der Waals surface area contributed by atoms with Crippen LogP contribution in [-0.2, 0) is 0 Å². The number of ether oxygens (including phenoxy) is 1. The topological polar surface area (TPSA) is 45.1 Å². The summed E-state index contributed by atoms with van der Waals surface area (Å²) in [5.41, 5.74) is 4.49. The third-order valence-corrected chi connectivity index (χ3v) is 6.22. The van der Waals surface area contributed by atoms with Crippen LogP contribution in [0.15, 0.2) is 65.7 Å². The highest BCUT2D eigenvalue weighted by Crippen LogP contribution is 2.39. The summed E-state index contributed by atoms with van der Waals surface area (Å²) in [6.07, 6.45) is 0. The zero-order valence-electron chi connectivity index (χ0n) is 19.0. The molecule has 0 aromatic heterocycles. The highest BCUT2D eigenvalue weighted by molar-refractivity contribution is 6.04. The number of piperazine rings is 1. The standard InChI is InChI=1S/C27H26FN3O2/c1-17-5-11-24-22(14-17)26(29-23-10-4-18(2)15-25(23)33-24)30-12-13-31(19(3)16-30)27(32)20-6-8-21(28)9-7-20/h4-11,14-15,19H,12-13,16H2,1-3H3/t19-/m1/s1. The third-order valence-electron chi connectivity index (χ3n) is 6.22. The van der Waals surface area contributed by atoms with Gasteiger partial charge in [0.15, 0.2) is 5.75 Å². The minimum Gasteiger partial charge on any atom is -0.454 e. The first-order valence-electron chi connectivity index (χ1n) is 11.2. The number of nitrogens with zero attached hydrogens (tertiary/aromatic N) is 3. The first kappa shape index (κ1) is 21.2. The van der Waals surface area contributed by atoms with Gasteiger partial charge in [0.05, 0.1) is 5.56 Å². The molecule has 0 N–H and O–H groups in total. The molecule has 0 saturated carbocycles. The van der Waals surface area contributed by atoms with E-state index >= 15 is 0 Å². The lowest BCUT2D eigenvalue weighted by Crippen LogP contribution is -2.55. The van der Waals surface area contributed by atoms with E-state index < -0.39 is 0 Å². The maximum Gasteiger partial charge on any atom is 0.254 e. The van der Waals surface area contributed by atoms with E-state index in [1.807, 2.05) is 49.1 Å². The number of aliphatic imine (C=N–C) groups is 1. The van der Waals surface area contributed by atoms with Crippen LogP contribution in [0.5, 0.6) is 11.5 Å². The first-order chi connectivity index (χ1) is 15.9. The van der Waals surface area contributed by atoms with Crippen molar-refractivity contribution in [3.8, 4) is 11.5 Å². The van der Waals surface area contributed by atoms with Crippen molar-refractivity contribution in [1.82, 2.24) is 9.80 Å². The molecule has 33 heavy (non-hydrogen) atoms. The zero-order valence-corrected chi connectivity index (χ0v) is 19.0. The van der Waals surface area contributed by atoms with E-state index in [-0.39, 0.29) is 17.8 Å². The number of fused-ring (bicyclic) bond motifs is 2. The van der Waals surface area contributed by atoms with Crippen LogP contribution in [0.2, 0.25) is 0 Å². The summed E-state index contributed by atoms with van der Waals surface area (Å²) in [5.74, 6) is 1.96. The summed E-state index contributed by atoms with van der Waals surface area (Å²) in [5, 5.41) is 0. The maximum absolute atomic E-state index is 13.3. The number of benzene rings is 3. The molecule has 2 aliphatic heterocycles. The van der Waals surface area contributed by atoms with Crippen molar-refractivity contribution in [1.29, 1.82) is 0 Å². The smallest absolute Gasteiger partial charge is 0.254 e. The van der Waals surface area contributed by atoms with Crippen LogP contribution in [0.3, 0.4) is 0 Å². The molecule has 0 unspecified atom stereocenters. The molecule has 0 bridgehead atoms. The van der Waals surface area contributed by atoms with Crippen molar-refractivity contribution in [3.05, 3.63) is 88.7 Å². The van der Waals surface area contributed by atoms with Crippen LogP contribution in [0, 0.1) is 19.7 Å². The molecular formula is C27H26FN3O2. The Kier molecular flexibility index (Phi) is 5.36. The SMILES string of the molecule is Cc1ccc2c(c1)Oc1ccc(C)cc1C(N1CCN(C(=O)c3ccc(F)cc3)[C@H](C)C1)=N2. The second-order valence-electron chi connectivity index (χ2n) is 8.81. The normalized spacial score (nSPS) is 17.5. The molecule has 0 aliphatic carbocycles. The maximum atomic E-state index is 13.3. The molecule has 2 aliphatic rings. The fourth-order valence-electron chi connectivity index (χ4n) is 4.45. The molecule has 2 heterocycles. The number of amides is 1. The number of carbonyl (C=O) groups excluding carboxylic acids is 1. The fraction of sp³-hybridized carbons (Fsp3) is 0.259. The van der Waals surface area contributed by atoms with Gasteiger partial charge in [-0.1, -0.05) is 17.7 Å². The molecule has 5 nitrogen and oxygen atoms in total. The van der Waals surface area contributed by atoms with Gasteiger partial charge in [-0.3, -0.25) is 4.79 Å². The number of rotatable bonds is 1. The lowest BCUT2D eigenvalue weighted by atomic mass is 10.1. The Morgan fingerprint density at radius 2 is 1.70 bits per heavy atom. The van der Waals surface area contributed by atoms with E-state index in [0.717, 1.165) is 39.7 Å². The Balaban J connectivity index is 1.46. The highest BCUT2D eigenvalue weighted by atomic mass is 19.1. The quantitative estimate of drug-likeness (QED) is 0.501. The summed E-state index contributed by atoms with van der Waals surface area (Å²) >= 11 is 0. The molecule has 168 valence electrons. The van der Waals surface area contributed by atoms with Gasteiger partial charge in [0.1, 0.15) is 23.1 Å². The number of amidine groups is 1. The Morgan fingerprint density at radius 1 is 0.970 bits per heavy atom. The van der Waals surface area contributed by atoms with Crippen molar-refractivity contribution < 1.29 is 13.9 Å². The number of hydrogen-bond acceptors (Lipinski definition) is 4.